The lowest BCUT2D eigenvalue weighted by Crippen LogP contribution is -2.48. The molecule has 0 N–H and O–H groups in total. The predicted molar refractivity (Wildman–Crippen MR) is 90.2 cm³/mol. The van der Waals surface area contributed by atoms with Crippen molar-refractivity contribution in [1.29, 1.82) is 0 Å². The van der Waals surface area contributed by atoms with Crippen molar-refractivity contribution in [2.45, 2.75) is 13.0 Å². The molecule has 0 atom stereocenters. The minimum Gasteiger partial charge on any atom is -0.384 e. The molecule has 1 aliphatic heterocycles. The summed E-state index contributed by atoms with van der Waals surface area (Å²) in [5, 5.41) is 0. The molecular weight excluding hydrogens is 376 g/mol. The summed E-state index contributed by atoms with van der Waals surface area (Å²) in [4.78, 5) is 17.2. The fourth-order valence-corrected chi connectivity index (χ4v) is 4.44. The topological polar surface area (TPSA) is 32.8 Å². The number of methoxy groups -OCH3 is 1. The Labute approximate surface area is 143 Å². The second-order valence-electron chi connectivity index (χ2n) is 5.03. The van der Waals surface area contributed by atoms with Gasteiger partial charge >= 0.3 is 0 Å². The maximum absolute atomic E-state index is 11.6. The van der Waals surface area contributed by atoms with Gasteiger partial charge < -0.3 is 9.64 Å². The molecule has 0 unspecified atom stereocenters. The smallest absolute Gasteiger partial charge is 0.237 e. The number of halogens is 2. The molecule has 1 amide bonds. The van der Waals surface area contributed by atoms with E-state index in [1.54, 1.807) is 18.4 Å². The zero-order chi connectivity index (χ0) is 15.2. The summed E-state index contributed by atoms with van der Waals surface area (Å²) >= 11 is 11.0. The van der Waals surface area contributed by atoms with Crippen LogP contribution in [0.25, 0.3) is 0 Å². The molecule has 1 aromatic heterocycles. The van der Waals surface area contributed by atoms with E-state index in [9.17, 15) is 4.79 Å². The van der Waals surface area contributed by atoms with Gasteiger partial charge in [-0.3, -0.25) is 9.69 Å². The number of rotatable bonds is 6. The molecule has 0 aliphatic carbocycles. The van der Waals surface area contributed by atoms with Gasteiger partial charge in [0, 0.05) is 44.7 Å². The van der Waals surface area contributed by atoms with Crippen molar-refractivity contribution in [2.75, 3.05) is 45.8 Å². The van der Waals surface area contributed by atoms with Crippen LogP contribution < -0.4 is 0 Å². The molecule has 0 spiro atoms. The number of thiophene rings is 1. The van der Waals surface area contributed by atoms with E-state index in [0.717, 1.165) is 45.8 Å². The van der Waals surface area contributed by atoms with Crippen molar-refractivity contribution < 1.29 is 9.53 Å². The van der Waals surface area contributed by atoms with Gasteiger partial charge in [0.2, 0.25) is 5.91 Å². The third-order valence-corrected chi connectivity index (χ3v) is 5.54. The van der Waals surface area contributed by atoms with E-state index < -0.39 is 0 Å². The first kappa shape index (κ1) is 17.2. The van der Waals surface area contributed by atoms with Gasteiger partial charge in [-0.25, -0.2) is 0 Å². The highest BCUT2D eigenvalue weighted by Crippen LogP contribution is 2.29. The minimum atomic E-state index is 0.0379. The molecule has 1 saturated heterocycles. The number of piperazine rings is 1. The molecule has 0 aromatic carbocycles. The molecule has 0 radical (unpaired) electrons. The van der Waals surface area contributed by atoms with E-state index in [4.69, 9.17) is 16.3 Å². The summed E-state index contributed by atoms with van der Waals surface area (Å²) in [5.41, 5.74) is 1.35. The Morgan fingerprint density at radius 1 is 1.43 bits per heavy atom. The Bertz CT molecular complexity index is 476. The second kappa shape index (κ2) is 8.48. The lowest BCUT2D eigenvalue weighted by Gasteiger charge is -2.34. The normalized spacial score (nSPS) is 16.4. The Balaban J connectivity index is 1.90. The molecule has 2 heterocycles. The number of hydrogen-bond acceptors (Lipinski definition) is 4. The van der Waals surface area contributed by atoms with Gasteiger partial charge in [-0.05, 0) is 34.0 Å². The zero-order valence-electron chi connectivity index (χ0n) is 12.1. The number of nitrogens with zero attached hydrogens (tertiary/aromatic N) is 2. The van der Waals surface area contributed by atoms with Crippen molar-refractivity contribution in [3.05, 3.63) is 20.3 Å². The second-order valence-corrected chi connectivity index (χ2v) is 7.82. The molecule has 1 aliphatic rings. The molecular formula is C14H20BrClN2O2S. The number of alkyl halides is 1. The Morgan fingerprint density at radius 2 is 2.14 bits per heavy atom. The average Bonchev–Trinajstić information content (AvgIpc) is 2.84. The van der Waals surface area contributed by atoms with E-state index in [2.05, 4.69) is 26.9 Å². The minimum absolute atomic E-state index is 0.0379. The van der Waals surface area contributed by atoms with Crippen LogP contribution in [-0.2, 0) is 22.5 Å². The van der Waals surface area contributed by atoms with Crippen molar-refractivity contribution in [3.63, 3.8) is 0 Å². The highest BCUT2D eigenvalue weighted by atomic mass is 79.9. The Hall–Kier alpha value is -0.140. The van der Waals surface area contributed by atoms with E-state index in [1.807, 2.05) is 4.90 Å². The number of carbonyl (C=O) groups is 1. The highest BCUT2D eigenvalue weighted by Gasteiger charge is 2.21. The van der Waals surface area contributed by atoms with Crippen LogP contribution in [0.3, 0.4) is 0 Å². The number of ether oxygens (including phenoxy) is 1. The number of carbonyl (C=O) groups excluding carboxylic acids is 1. The first-order valence-corrected chi connectivity index (χ1v) is 9.10. The van der Waals surface area contributed by atoms with Crippen molar-refractivity contribution in [3.8, 4) is 0 Å². The monoisotopic (exact) mass is 394 g/mol. The standard InChI is InChI=1S/C14H20BrClN2O2S/c1-20-7-2-11-8-13(15)21-12(11)10-17-3-5-18(6-4-17)14(19)9-16/h8H,2-7,9-10H2,1H3. The maximum atomic E-state index is 11.6. The van der Waals surface area contributed by atoms with Crippen LogP contribution >= 0.6 is 38.9 Å². The van der Waals surface area contributed by atoms with Crippen LogP contribution in [0, 0.1) is 0 Å². The van der Waals surface area contributed by atoms with Gasteiger partial charge in [0.25, 0.3) is 0 Å². The van der Waals surface area contributed by atoms with Gasteiger partial charge in [-0.2, -0.15) is 0 Å². The third kappa shape index (κ3) is 4.93. The van der Waals surface area contributed by atoms with Crippen LogP contribution in [0.4, 0.5) is 0 Å². The van der Waals surface area contributed by atoms with Gasteiger partial charge in [-0.15, -0.1) is 22.9 Å². The van der Waals surface area contributed by atoms with E-state index in [1.165, 1.54) is 14.2 Å². The number of amides is 1. The van der Waals surface area contributed by atoms with Crippen LogP contribution in [0.5, 0.6) is 0 Å². The summed E-state index contributed by atoms with van der Waals surface area (Å²) < 4.78 is 6.34. The van der Waals surface area contributed by atoms with Gasteiger partial charge in [0.15, 0.2) is 0 Å². The van der Waals surface area contributed by atoms with Crippen molar-refractivity contribution in [2.24, 2.45) is 0 Å². The van der Waals surface area contributed by atoms with Crippen LogP contribution in [-0.4, -0.2) is 61.5 Å². The number of hydrogen-bond donors (Lipinski definition) is 0. The third-order valence-electron chi connectivity index (χ3n) is 3.65. The molecule has 0 bridgehead atoms. The largest absolute Gasteiger partial charge is 0.384 e. The lowest BCUT2D eigenvalue weighted by atomic mass is 10.2. The summed E-state index contributed by atoms with van der Waals surface area (Å²) in [5.74, 6) is 0.120. The molecule has 4 nitrogen and oxygen atoms in total. The van der Waals surface area contributed by atoms with Crippen LogP contribution in [0.2, 0.25) is 0 Å². The lowest BCUT2D eigenvalue weighted by molar-refractivity contribution is -0.130. The fourth-order valence-electron chi connectivity index (χ4n) is 2.43. The van der Waals surface area contributed by atoms with Gasteiger partial charge in [-0.1, -0.05) is 0 Å². The van der Waals surface area contributed by atoms with Crippen LogP contribution in [0.1, 0.15) is 10.4 Å². The van der Waals surface area contributed by atoms with Crippen molar-refractivity contribution >= 4 is 44.8 Å². The molecule has 2 rings (SSSR count). The van der Waals surface area contributed by atoms with E-state index >= 15 is 0 Å². The molecule has 1 fully saturated rings. The summed E-state index contributed by atoms with van der Waals surface area (Å²) in [6.45, 7) is 5.03. The zero-order valence-corrected chi connectivity index (χ0v) is 15.3. The fraction of sp³-hybridized carbons (Fsp3) is 0.643. The summed E-state index contributed by atoms with van der Waals surface area (Å²) in [6, 6.07) is 2.19. The SMILES string of the molecule is COCCc1cc(Br)sc1CN1CCN(C(=O)CCl)CC1. The summed E-state index contributed by atoms with van der Waals surface area (Å²) in [6.07, 6.45) is 0.943. The quantitative estimate of drug-likeness (QED) is 0.694. The molecule has 0 saturated carbocycles. The van der Waals surface area contributed by atoms with Crippen molar-refractivity contribution in [1.82, 2.24) is 9.80 Å². The first-order valence-electron chi connectivity index (χ1n) is 6.96. The molecule has 21 heavy (non-hydrogen) atoms. The predicted octanol–water partition coefficient (Wildman–Crippen LogP) is 2.58. The van der Waals surface area contributed by atoms with Gasteiger partial charge in [0.1, 0.15) is 5.88 Å². The van der Waals surface area contributed by atoms with E-state index in [-0.39, 0.29) is 11.8 Å². The van der Waals surface area contributed by atoms with Crippen LogP contribution in [0.15, 0.2) is 9.85 Å². The Kier molecular flexibility index (Phi) is 6.95. The Morgan fingerprint density at radius 3 is 2.76 bits per heavy atom. The average molecular weight is 396 g/mol. The van der Waals surface area contributed by atoms with E-state index in [0.29, 0.717) is 0 Å². The first-order chi connectivity index (χ1) is 10.1. The summed E-state index contributed by atoms with van der Waals surface area (Å²) in [7, 11) is 1.73. The molecule has 118 valence electrons. The molecule has 1 aromatic rings. The highest BCUT2D eigenvalue weighted by molar-refractivity contribution is 9.11. The van der Waals surface area contributed by atoms with Gasteiger partial charge in [0.05, 0.1) is 10.4 Å². The maximum Gasteiger partial charge on any atom is 0.237 e. The molecule has 7 heteroatoms.